The van der Waals surface area contributed by atoms with Gasteiger partial charge in [-0.05, 0) is 75.3 Å². The Balaban J connectivity index is 1.09. The summed E-state index contributed by atoms with van der Waals surface area (Å²) < 4.78 is 13.3. The van der Waals surface area contributed by atoms with Crippen LogP contribution in [0.15, 0.2) is 133 Å². The van der Waals surface area contributed by atoms with Crippen LogP contribution in [0.5, 0.6) is 23.0 Å². The van der Waals surface area contributed by atoms with E-state index < -0.39 is 0 Å². The highest BCUT2D eigenvalue weighted by molar-refractivity contribution is 5.88. The van der Waals surface area contributed by atoms with Gasteiger partial charge in [0.1, 0.15) is 0 Å². The highest BCUT2D eigenvalue weighted by Crippen LogP contribution is 2.58. The maximum atomic E-state index is 6.80. The molecule has 0 radical (unpaired) electrons. The Hall–Kier alpha value is -6.00. The van der Waals surface area contributed by atoms with Crippen molar-refractivity contribution < 1.29 is 9.47 Å². The first-order valence-corrected chi connectivity index (χ1v) is 17.2. The van der Waals surface area contributed by atoms with Crippen molar-refractivity contribution in [1.82, 2.24) is 9.97 Å². The largest absolute Gasteiger partial charge is 0.449 e. The van der Waals surface area contributed by atoms with E-state index in [4.69, 9.17) is 19.4 Å². The summed E-state index contributed by atoms with van der Waals surface area (Å²) in [5.41, 5.74) is 14.5. The molecule has 10 rings (SSSR count). The van der Waals surface area contributed by atoms with E-state index in [0.717, 1.165) is 45.1 Å². The highest BCUT2D eigenvalue weighted by Gasteiger charge is 2.40. The number of aromatic nitrogens is 2. The molecule has 2 heterocycles. The molecule has 2 aliphatic carbocycles. The van der Waals surface area contributed by atoms with Crippen LogP contribution in [-0.2, 0) is 10.8 Å². The average molecular weight is 647 g/mol. The van der Waals surface area contributed by atoms with Gasteiger partial charge < -0.3 is 9.47 Å². The predicted octanol–water partition coefficient (Wildman–Crippen LogP) is 12.0. The topological polar surface area (TPSA) is 44.2 Å². The highest BCUT2D eigenvalue weighted by atomic mass is 16.6. The summed E-state index contributed by atoms with van der Waals surface area (Å²) in [6, 6.07) is 46.7. The second-order valence-corrected chi connectivity index (χ2v) is 14.6. The van der Waals surface area contributed by atoms with Crippen molar-refractivity contribution >= 4 is 0 Å². The number of nitrogens with zero attached hydrogens (tertiary/aromatic N) is 2. The lowest BCUT2D eigenvalue weighted by Crippen LogP contribution is -2.15. The number of benzene rings is 6. The molecular formula is C46H34N2O2. The van der Waals surface area contributed by atoms with Crippen LogP contribution < -0.4 is 9.47 Å². The molecule has 0 atom stereocenters. The molecule has 3 aliphatic rings. The first-order chi connectivity index (χ1) is 24.3. The number of hydrogen-bond acceptors (Lipinski definition) is 4. The molecular weight excluding hydrogens is 613 g/mol. The van der Waals surface area contributed by atoms with Gasteiger partial charge in [-0.15, -0.1) is 0 Å². The van der Waals surface area contributed by atoms with Gasteiger partial charge in [0, 0.05) is 33.1 Å². The van der Waals surface area contributed by atoms with E-state index in [1.165, 1.54) is 38.9 Å². The van der Waals surface area contributed by atoms with Crippen molar-refractivity contribution in [3.8, 4) is 79.2 Å². The molecule has 0 amide bonds. The monoisotopic (exact) mass is 646 g/mol. The van der Waals surface area contributed by atoms with Crippen molar-refractivity contribution in [2.24, 2.45) is 0 Å². The number of hydrogen-bond donors (Lipinski definition) is 0. The normalized spacial score (nSPS) is 15.0. The lowest BCUT2D eigenvalue weighted by molar-refractivity contribution is 0.360. The van der Waals surface area contributed by atoms with E-state index >= 15 is 0 Å². The van der Waals surface area contributed by atoms with Crippen LogP contribution in [-0.4, -0.2) is 9.97 Å². The zero-order valence-electron chi connectivity index (χ0n) is 28.4. The lowest BCUT2D eigenvalue weighted by atomic mass is 9.82. The molecule has 0 bridgehead atoms. The van der Waals surface area contributed by atoms with E-state index in [9.17, 15) is 0 Å². The summed E-state index contributed by atoms with van der Waals surface area (Å²) in [5.74, 6) is 3.54. The van der Waals surface area contributed by atoms with Gasteiger partial charge in [-0.25, -0.2) is 9.97 Å². The van der Waals surface area contributed by atoms with Gasteiger partial charge in [0.15, 0.2) is 28.8 Å². The maximum absolute atomic E-state index is 6.80. The van der Waals surface area contributed by atoms with E-state index in [1.807, 2.05) is 36.4 Å². The van der Waals surface area contributed by atoms with Gasteiger partial charge >= 0.3 is 0 Å². The molecule has 4 nitrogen and oxygen atoms in total. The molecule has 50 heavy (non-hydrogen) atoms. The molecule has 240 valence electrons. The fourth-order valence-corrected chi connectivity index (χ4v) is 8.31. The Morgan fingerprint density at radius 2 is 1.04 bits per heavy atom. The van der Waals surface area contributed by atoms with Crippen molar-refractivity contribution in [3.05, 3.63) is 156 Å². The second-order valence-electron chi connectivity index (χ2n) is 14.6. The van der Waals surface area contributed by atoms with Crippen LogP contribution in [0.1, 0.15) is 49.9 Å². The van der Waals surface area contributed by atoms with E-state index in [1.54, 1.807) is 0 Å². The van der Waals surface area contributed by atoms with Crippen molar-refractivity contribution in [2.75, 3.05) is 0 Å². The molecule has 6 aromatic carbocycles. The fraction of sp³-hybridized carbons (Fsp3) is 0.130. The van der Waals surface area contributed by atoms with Crippen LogP contribution in [0, 0.1) is 0 Å². The molecule has 0 N–H and O–H groups in total. The van der Waals surface area contributed by atoms with Gasteiger partial charge in [-0.3, -0.25) is 0 Å². The number of rotatable bonds is 3. The van der Waals surface area contributed by atoms with Crippen molar-refractivity contribution in [1.29, 1.82) is 0 Å². The fourth-order valence-electron chi connectivity index (χ4n) is 8.31. The molecule has 7 aromatic rings. The first-order valence-electron chi connectivity index (χ1n) is 17.2. The molecule has 1 aliphatic heterocycles. The molecule has 0 fully saturated rings. The average Bonchev–Trinajstić information content (AvgIpc) is 3.53. The summed E-state index contributed by atoms with van der Waals surface area (Å²) >= 11 is 0. The summed E-state index contributed by atoms with van der Waals surface area (Å²) in [4.78, 5) is 10.4. The Kier molecular flexibility index (Phi) is 5.94. The quantitative estimate of drug-likeness (QED) is 0.192. The van der Waals surface area contributed by atoms with Crippen LogP contribution in [0.4, 0.5) is 0 Å². The van der Waals surface area contributed by atoms with Gasteiger partial charge in [-0.1, -0.05) is 125 Å². The predicted molar refractivity (Wildman–Crippen MR) is 200 cm³/mol. The molecule has 1 aromatic heterocycles. The van der Waals surface area contributed by atoms with E-state index in [-0.39, 0.29) is 10.8 Å². The Bertz CT molecular complexity index is 2550. The Labute approximate surface area is 292 Å². The molecule has 0 spiro atoms. The van der Waals surface area contributed by atoms with Crippen LogP contribution in [0.3, 0.4) is 0 Å². The molecule has 0 unspecified atom stereocenters. The van der Waals surface area contributed by atoms with Crippen LogP contribution >= 0.6 is 0 Å². The minimum atomic E-state index is -0.132. The first kappa shape index (κ1) is 29.0. The smallest absolute Gasteiger partial charge is 0.178 e. The van der Waals surface area contributed by atoms with Gasteiger partial charge in [0.2, 0.25) is 0 Å². The Morgan fingerprint density at radius 1 is 0.420 bits per heavy atom. The zero-order valence-corrected chi connectivity index (χ0v) is 28.4. The summed E-state index contributed by atoms with van der Waals surface area (Å²) in [6.07, 6.45) is 0. The number of fused-ring (bicyclic) bond motifs is 9. The van der Waals surface area contributed by atoms with Crippen LogP contribution in [0.2, 0.25) is 0 Å². The van der Waals surface area contributed by atoms with Gasteiger partial charge in [0.05, 0.1) is 11.4 Å². The van der Waals surface area contributed by atoms with Crippen molar-refractivity contribution in [3.63, 3.8) is 0 Å². The summed E-state index contributed by atoms with van der Waals surface area (Å²) in [6.45, 7) is 9.15. The van der Waals surface area contributed by atoms with Gasteiger partial charge in [0.25, 0.3) is 0 Å². The summed E-state index contributed by atoms with van der Waals surface area (Å²) in [7, 11) is 0. The zero-order chi connectivity index (χ0) is 33.8. The Morgan fingerprint density at radius 3 is 1.84 bits per heavy atom. The second kappa shape index (κ2) is 10.3. The minimum Gasteiger partial charge on any atom is -0.449 e. The minimum absolute atomic E-state index is 0.121. The molecule has 0 saturated heterocycles. The molecule has 4 heteroatoms. The SMILES string of the molecule is CC1(C)c2ccccc2-c2ccc(-c3nc(-c4ccccc4)cc(-c4ccc5c(c4)Oc4c(ccc6c4-c4ccccc4C6(C)C)O5)n3)cc21. The van der Waals surface area contributed by atoms with E-state index in [2.05, 4.69) is 125 Å². The van der Waals surface area contributed by atoms with Crippen molar-refractivity contribution in [2.45, 2.75) is 38.5 Å². The summed E-state index contributed by atoms with van der Waals surface area (Å²) in [5, 5.41) is 0. The van der Waals surface area contributed by atoms with Gasteiger partial charge in [-0.2, -0.15) is 0 Å². The third kappa shape index (κ3) is 4.11. The molecule has 0 saturated carbocycles. The standard InChI is InChI=1S/C46H34N2O2/c1-45(2)34-17-11-9-15-32(34)42-35(45)21-23-40-43(42)50-41-25-28(19-22-39(41)49-40)38-26-37(27-12-6-5-7-13-27)47-44(48-38)29-18-20-31-30-14-8-10-16-33(30)46(3,4)36(31)24-29/h5-26H,1-4H3. The maximum Gasteiger partial charge on any atom is 0.178 e. The van der Waals surface area contributed by atoms with E-state index in [0.29, 0.717) is 17.3 Å². The third-order valence-corrected chi connectivity index (χ3v) is 11.0. The van der Waals surface area contributed by atoms with Crippen LogP contribution in [0.25, 0.3) is 56.2 Å². The lowest BCUT2D eigenvalue weighted by Gasteiger charge is -2.25. The third-order valence-electron chi connectivity index (χ3n) is 11.0. The number of ether oxygens (including phenoxy) is 2.